The number of hydrogen-bond acceptors (Lipinski definition) is 4. The molecule has 5 nitrogen and oxygen atoms in total. The number of benzene rings is 2. The van der Waals surface area contributed by atoms with E-state index in [9.17, 15) is 14.7 Å². The second-order valence-electron chi connectivity index (χ2n) is 6.82. The van der Waals surface area contributed by atoms with Crippen LogP contribution in [0.1, 0.15) is 22.7 Å². The fraction of sp³-hybridized carbons (Fsp3) is 0.0870. The molecule has 1 fully saturated rings. The van der Waals surface area contributed by atoms with E-state index < -0.39 is 17.7 Å². The molecule has 1 saturated heterocycles. The van der Waals surface area contributed by atoms with Gasteiger partial charge in [0.25, 0.3) is 11.7 Å². The summed E-state index contributed by atoms with van der Waals surface area (Å²) >= 11 is 12.5. The molecule has 1 amide bonds. The number of halogens is 2. The van der Waals surface area contributed by atoms with Gasteiger partial charge in [-0.3, -0.25) is 14.6 Å². The Balaban J connectivity index is 1.90. The van der Waals surface area contributed by atoms with Crippen LogP contribution in [0.5, 0.6) is 0 Å². The van der Waals surface area contributed by atoms with Crippen LogP contribution < -0.4 is 0 Å². The van der Waals surface area contributed by atoms with Gasteiger partial charge in [-0.2, -0.15) is 0 Å². The van der Waals surface area contributed by atoms with Gasteiger partial charge in [-0.25, -0.2) is 0 Å². The summed E-state index contributed by atoms with van der Waals surface area (Å²) in [5, 5.41) is 11.7. The highest BCUT2D eigenvalue weighted by molar-refractivity contribution is 6.47. The first-order valence-electron chi connectivity index (χ1n) is 9.15. The number of aliphatic hydroxyl groups is 1. The summed E-state index contributed by atoms with van der Waals surface area (Å²) < 4.78 is 0. The van der Waals surface area contributed by atoms with Gasteiger partial charge in [-0.05, 0) is 29.3 Å². The lowest BCUT2D eigenvalue weighted by Crippen LogP contribution is -2.29. The monoisotopic (exact) mass is 438 g/mol. The second-order valence-corrected chi connectivity index (χ2v) is 7.66. The number of aromatic nitrogens is 1. The van der Waals surface area contributed by atoms with Crippen molar-refractivity contribution in [2.75, 3.05) is 0 Å². The summed E-state index contributed by atoms with van der Waals surface area (Å²) in [6.07, 6.45) is 3.25. The Morgan fingerprint density at radius 2 is 1.80 bits per heavy atom. The fourth-order valence-corrected chi connectivity index (χ4v) is 4.04. The van der Waals surface area contributed by atoms with Crippen molar-refractivity contribution in [3.63, 3.8) is 0 Å². The molecule has 2 aromatic carbocycles. The molecule has 0 bridgehead atoms. The summed E-state index contributed by atoms with van der Waals surface area (Å²) in [7, 11) is 0. The zero-order valence-electron chi connectivity index (χ0n) is 15.6. The number of likely N-dealkylation sites (tertiary alicyclic amines) is 1. The zero-order valence-corrected chi connectivity index (χ0v) is 17.1. The summed E-state index contributed by atoms with van der Waals surface area (Å²) in [5.41, 5.74) is 1.67. The van der Waals surface area contributed by atoms with Gasteiger partial charge >= 0.3 is 0 Å². The second kappa shape index (κ2) is 8.30. The van der Waals surface area contributed by atoms with Crippen LogP contribution in [-0.4, -0.2) is 26.7 Å². The number of aliphatic hydroxyl groups excluding tert-OH is 1. The summed E-state index contributed by atoms with van der Waals surface area (Å²) in [6.45, 7) is 0.133. The lowest BCUT2D eigenvalue weighted by molar-refractivity contribution is -0.140. The summed E-state index contributed by atoms with van der Waals surface area (Å²) in [6, 6.07) is 16.2. The molecule has 1 atom stereocenters. The molecule has 4 rings (SSSR count). The maximum Gasteiger partial charge on any atom is 0.295 e. The molecule has 150 valence electrons. The molecule has 0 radical (unpaired) electrons. The molecule has 0 aliphatic carbocycles. The Kier molecular flexibility index (Phi) is 5.57. The van der Waals surface area contributed by atoms with Gasteiger partial charge in [0.1, 0.15) is 5.76 Å². The van der Waals surface area contributed by atoms with Crippen molar-refractivity contribution in [3.8, 4) is 0 Å². The van der Waals surface area contributed by atoms with E-state index in [0.29, 0.717) is 21.2 Å². The predicted molar refractivity (Wildman–Crippen MR) is 115 cm³/mol. The minimum atomic E-state index is -0.866. The highest BCUT2D eigenvalue weighted by Gasteiger charge is 2.46. The van der Waals surface area contributed by atoms with Gasteiger partial charge < -0.3 is 10.0 Å². The molecular weight excluding hydrogens is 423 g/mol. The molecule has 0 saturated carbocycles. The number of Topliss-reactive ketones (excluding diaryl/α,β-unsaturated/α-hetero) is 1. The van der Waals surface area contributed by atoms with Gasteiger partial charge in [0.2, 0.25) is 0 Å². The number of pyridine rings is 1. The third kappa shape index (κ3) is 3.70. The summed E-state index contributed by atoms with van der Waals surface area (Å²) in [4.78, 5) is 31.4. The SMILES string of the molecule is O=C1C(=O)N(Cc2cccnc2)[C@H](c2ccc(Cl)cc2Cl)C1=C(O)c1ccccc1. The van der Waals surface area contributed by atoms with Crippen LogP contribution in [0.15, 0.2) is 78.6 Å². The number of rotatable bonds is 4. The Morgan fingerprint density at radius 1 is 1.03 bits per heavy atom. The van der Waals surface area contributed by atoms with E-state index in [2.05, 4.69) is 4.98 Å². The number of nitrogens with zero attached hydrogens (tertiary/aromatic N) is 2. The van der Waals surface area contributed by atoms with Crippen LogP contribution >= 0.6 is 23.2 Å². The minimum Gasteiger partial charge on any atom is -0.507 e. The molecule has 1 aliphatic heterocycles. The van der Waals surface area contributed by atoms with Gasteiger partial charge in [0.05, 0.1) is 11.6 Å². The molecule has 3 aromatic rings. The maximum absolute atomic E-state index is 13.0. The first-order chi connectivity index (χ1) is 14.5. The van der Waals surface area contributed by atoms with Gasteiger partial charge in [-0.1, -0.05) is 65.7 Å². The van der Waals surface area contributed by atoms with Gasteiger partial charge in [0, 0.05) is 34.5 Å². The highest BCUT2D eigenvalue weighted by atomic mass is 35.5. The van der Waals surface area contributed by atoms with Gasteiger partial charge in [0.15, 0.2) is 0 Å². The fourth-order valence-electron chi connectivity index (χ4n) is 3.53. The lowest BCUT2D eigenvalue weighted by Gasteiger charge is -2.26. The Labute approximate surface area is 183 Å². The standard InChI is InChI=1S/C23H16Cl2N2O3/c24-16-8-9-17(18(25)11-16)20-19(21(28)15-6-2-1-3-7-15)22(29)23(30)27(20)13-14-5-4-10-26-12-14/h1-12,20,28H,13H2/t20-/m1/s1. The van der Waals surface area contributed by atoms with Crippen molar-refractivity contribution >= 4 is 40.7 Å². The van der Waals surface area contributed by atoms with Crippen LogP contribution in [0.25, 0.3) is 5.76 Å². The topological polar surface area (TPSA) is 70.5 Å². The van der Waals surface area contributed by atoms with E-state index in [1.54, 1.807) is 67.0 Å². The van der Waals surface area contributed by atoms with E-state index in [1.165, 1.54) is 4.90 Å². The molecule has 1 aliphatic rings. The van der Waals surface area contributed by atoms with E-state index >= 15 is 0 Å². The predicted octanol–water partition coefficient (Wildman–Crippen LogP) is 5.01. The van der Waals surface area contributed by atoms with E-state index in [-0.39, 0.29) is 17.9 Å². The normalized spacial score (nSPS) is 18.1. The average Bonchev–Trinajstić information content (AvgIpc) is 2.99. The average molecular weight is 439 g/mol. The third-order valence-electron chi connectivity index (χ3n) is 4.92. The molecule has 7 heteroatoms. The van der Waals surface area contributed by atoms with E-state index in [1.807, 2.05) is 6.07 Å². The molecule has 0 unspecified atom stereocenters. The maximum atomic E-state index is 13.0. The quantitative estimate of drug-likeness (QED) is 0.353. The van der Waals surface area contributed by atoms with Crippen LogP contribution in [-0.2, 0) is 16.1 Å². The Bertz CT molecular complexity index is 1150. The van der Waals surface area contributed by atoms with Crippen molar-refractivity contribution in [1.82, 2.24) is 9.88 Å². The first-order valence-corrected chi connectivity index (χ1v) is 9.90. The number of carbonyl (C=O) groups is 2. The molecule has 1 aromatic heterocycles. The first kappa shape index (κ1) is 20.1. The van der Waals surface area contributed by atoms with E-state index in [0.717, 1.165) is 5.56 Å². The van der Waals surface area contributed by atoms with Crippen LogP contribution in [0, 0.1) is 0 Å². The number of carbonyl (C=O) groups excluding carboxylic acids is 2. The van der Waals surface area contributed by atoms with Crippen LogP contribution in [0.2, 0.25) is 10.0 Å². The molecule has 30 heavy (non-hydrogen) atoms. The van der Waals surface area contributed by atoms with Crippen molar-refractivity contribution in [1.29, 1.82) is 0 Å². The molecule has 0 spiro atoms. The third-order valence-corrected chi connectivity index (χ3v) is 5.48. The molecule has 2 heterocycles. The van der Waals surface area contributed by atoms with E-state index in [4.69, 9.17) is 23.2 Å². The Hall–Kier alpha value is -3.15. The lowest BCUT2D eigenvalue weighted by atomic mass is 9.95. The number of hydrogen-bond donors (Lipinski definition) is 1. The number of amides is 1. The zero-order chi connectivity index (χ0) is 21.3. The van der Waals surface area contributed by atoms with Crippen molar-refractivity contribution < 1.29 is 14.7 Å². The smallest absolute Gasteiger partial charge is 0.295 e. The highest BCUT2D eigenvalue weighted by Crippen LogP contribution is 2.43. The van der Waals surface area contributed by atoms with Crippen molar-refractivity contribution in [3.05, 3.63) is 105 Å². The largest absolute Gasteiger partial charge is 0.507 e. The van der Waals surface area contributed by atoms with Crippen LogP contribution in [0.4, 0.5) is 0 Å². The molecular formula is C23H16Cl2N2O3. The van der Waals surface area contributed by atoms with Crippen molar-refractivity contribution in [2.45, 2.75) is 12.6 Å². The minimum absolute atomic E-state index is 0.0145. The summed E-state index contributed by atoms with van der Waals surface area (Å²) in [5.74, 6) is -1.73. The molecule has 1 N–H and O–H groups in total. The Morgan fingerprint density at radius 3 is 2.47 bits per heavy atom. The van der Waals surface area contributed by atoms with Crippen LogP contribution in [0.3, 0.4) is 0 Å². The van der Waals surface area contributed by atoms with Crippen molar-refractivity contribution in [2.24, 2.45) is 0 Å². The number of ketones is 1. The van der Waals surface area contributed by atoms with Gasteiger partial charge in [-0.15, -0.1) is 0 Å².